The van der Waals surface area contributed by atoms with Crippen molar-refractivity contribution < 1.29 is 4.74 Å². The van der Waals surface area contributed by atoms with E-state index in [-0.39, 0.29) is 0 Å². The van der Waals surface area contributed by atoms with Crippen molar-refractivity contribution in [1.29, 1.82) is 0 Å². The minimum absolute atomic E-state index is 0.484. The van der Waals surface area contributed by atoms with Crippen LogP contribution in [0, 0.1) is 0 Å². The van der Waals surface area contributed by atoms with E-state index in [9.17, 15) is 0 Å². The first-order valence-electron chi connectivity index (χ1n) is 5.47. The van der Waals surface area contributed by atoms with E-state index in [0.717, 1.165) is 21.5 Å². The van der Waals surface area contributed by atoms with Crippen LogP contribution in [-0.2, 0) is 6.42 Å². The summed E-state index contributed by atoms with van der Waals surface area (Å²) in [5.41, 5.74) is 7.35. The summed E-state index contributed by atoms with van der Waals surface area (Å²) in [5, 5.41) is 0.742. The fraction of sp³-hybridized carbons (Fsp3) is 0.154. The molecule has 0 radical (unpaired) electrons. The van der Waals surface area contributed by atoms with Gasteiger partial charge in [0, 0.05) is 11.2 Å². The smallest absolute Gasteiger partial charge is 0.167 e. The van der Waals surface area contributed by atoms with Crippen LogP contribution in [0.15, 0.2) is 35.1 Å². The lowest BCUT2D eigenvalue weighted by molar-refractivity contribution is 0.480. The van der Waals surface area contributed by atoms with E-state index in [2.05, 4.69) is 20.9 Å². The van der Waals surface area contributed by atoms with Gasteiger partial charge < -0.3 is 10.5 Å². The third kappa shape index (κ3) is 2.76. The zero-order chi connectivity index (χ0) is 13.1. The molecule has 0 fully saturated rings. The van der Waals surface area contributed by atoms with Crippen molar-refractivity contribution in [2.45, 2.75) is 13.3 Å². The molecule has 1 heterocycles. The lowest BCUT2D eigenvalue weighted by Gasteiger charge is -2.11. The standard InChI is InChI=1S/C13H12BrClN2O/c1-2-8-5-9(3-4-11(8)15)18-13-10(14)6-17-7-12(13)16/h3-7H,2,16H2,1H3. The highest BCUT2D eigenvalue weighted by molar-refractivity contribution is 9.10. The first-order valence-corrected chi connectivity index (χ1v) is 6.64. The second kappa shape index (κ2) is 5.59. The number of halogens is 2. The summed E-state index contributed by atoms with van der Waals surface area (Å²) in [5.74, 6) is 1.27. The molecule has 0 aliphatic rings. The Kier molecular flexibility index (Phi) is 4.09. The number of hydrogen-bond acceptors (Lipinski definition) is 3. The SMILES string of the molecule is CCc1cc(Oc2c(N)cncc2Br)ccc1Cl. The summed E-state index contributed by atoms with van der Waals surface area (Å²) in [6.07, 6.45) is 4.04. The Morgan fingerprint density at radius 3 is 2.83 bits per heavy atom. The Balaban J connectivity index is 2.34. The van der Waals surface area contributed by atoms with Gasteiger partial charge in [-0.15, -0.1) is 0 Å². The number of aryl methyl sites for hydroxylation is 1. The first-order chi connectivity index (χ1) is 8.61. The molecular formula is C13H12BrClN2O. The van der Waals surface area contributed by atoms with Crippen molar-refractivity contribution in [2.24, 2.45) is 0 Å². The van der Waals surface area contributed by atoms with Gasteiger partial charge >= 0.3 is 0 Å². The second-order valence-electron chi connectivity index (χ2n) is 3.75. The van der Waals surface area contributed by atoms with Crippen molar-refractivity contribution in [3.63, 3.8) is 0 Å². The van der Waals surface area contributed by atoms with Crippen molar-refractivity contribution >= 4 is 33.2 Å². The van der Waals surface area contributed by atoms with Gasteiger partial charge in [-0.3, -0.25) is 4.98 Å². The molecule has 5 heteroatoms. The minimum Gasteiger partial charge on any atom is -0.454 e. The van der Waals surface area contributed by atoms with Crippen LogP contribution in [0.4, 0.5) is 5.69 Å². The van der Waals surface area contributed by atoms with Gasteiger partial charge in [-0.05, 0) is 46.1 Å². The Labute approximate surface area is 119 Å². The molecule has 0 bridgehead atoms. The molecule has 0 aliphatic carbocycles. The molecule has 0 saturated heterocycles. The molecular weight excluding hydrogens is 316 g/mol. The van der Waals surface area contributed by atoms with E-state index < -0.39 is 0 Å². The van der Waals surface area contributed by atoms with E-state index in [1.54, 1.807) is 12.4 Å². The molecule has 3 nitrogen and oxygen atoms in total. The van der Waals surface area contributed by atoms with E-state index >= 15 is 0 Å². The Morgan fingerprint density at radius 1 is 1.39 bits per heavy atom. The van der Waals surface area contributed by atoms with Crippen LogP contribution in [0.1, 0.15) is 12.5 Å². The summed E-state index contributed by atoms with van der Waals surface area (Å²) in [6.45, 7) is 2.04. The number of pyridine rings is 1. The summed E-state index contributed by atoms with van der Waals surface area (Å²) >= 11 is 9.42. The Morgan fingerprint density at radius 2 is 2.17 bits per heavy atom. The van der Waals surface area contributed by atoms with E-state index in [1.165, 1.54) is 0 Å². The fourth-order valence-corrected chi connectivity index (χ4v) is 2.23. The van der Waals surface area contributed by atoms with Gasteiger partial charge in [0.25, 0.3) is 0 Å². The second-order valence-corrected chi connectivity index (χ2v) is 5.01. The minimum atomic E-state index is 0.484. The molecule has 1 aromatic carbocycles. The third-order valence-electron chi connectivity index (χ3n) is 2.50. The normalized spacial score (nSPS) is 10.4. The average molecular weight is 328 g/mol. The number of benzene rings is 1. The topological polar surface area (TPSA) is 48.1 Å². The lowest BCUT2D eigenvalue weighted by atomic mass is 10.1. The molecule has 0 atom stereocenters. The van der Waals surface area contributed by atoms with Crippen LogP contribution in [-0.4, -0.2) is 4.98 Å². The number of nitrogens with zero attached hydrogens (tertiary/aromatic N) is 1. The van der Waals surface area contributed by atoms with Crippen molar-refractivity contribution in [3.8, 4) is 11.5 Å². The number of ether oxygens (including phenoxy) is 1. The van der Waals surface area contributed by atoms with Crippen molar-refractivity contribution in [2.75, 3.05) is 5.73 Å². The van der Waals surface area contributed by atoms with Gasteiger partial charge in [-0.2, -0.15) is 0 Å². The zero-order valence-corrected chi connectivity index (χ0v) is 12.1. The monoisotopic (exact) mass is 326 g/mol. The number of anilines is 1. The van der Waals surface area contributed by atoms with Gasteiger partial charge in [0.1, 0.15) is 5.75 Å². The van der Waals surface area contributed by atoms with E-state index in [1.807, 2.05) is 25.1 Å². The highest BCUT2D eigenvalue weighted by atomic mass is 79.9. The summed E-state index contributed by atoms with van der Waals surface area (Å²) in [6, 6.07) is 5.55. The van der Waals surface area contributed by atoms with Crippen molar-refractivity contribution in [1.82, 2.24) is 4.98 Å². The van der Waals surface area contributed by atoms with Gasteiger partial charge in [0.2, 0.25) is 0 Å². The van der Waals surface area contributed by atoms with Crippen LogP contribution in [0.2, 0.25) is 5.02 Å². The number of nitrogens with two attached hydrogens (primary N) is 1. The molecule has 94 valence electrons. The number of rotatable bonds is 3. The number of aromatic nitrogens is 1. The van der Waals surface area contributed by atoms with Crippen LogP contribution in [0.3, 0.4) is 0 Å². The molecule has 0 saturated carbocycles. The number of hydrogen-bond donors (Lipinski definition) is 1. The molecule has 2 N–H and O–H groups in total. The van der Waals surface area contributed by atoms with Gasteiger partial charge in [0.05, 0.1) is 16.4 Å². The first kappa shape index (κ1) is 13.2. The molecule has 0 unspecified atom stereocenters. The molecule has 18 heavy (non-hydrogen) atoms. The fourth-order valence-electron chi connectivity index (χ4n) is 1.55. The van der Waals surface area contributed by atoms with Gasteiger partial charge in [-0.25, -0.2) is 0 Å². The maximum atomic E-state index is 6.06. The molecule has 2 aromatic rings. The molecule has 0 amide bonds. The Hall–Kier alpha value is -1.26. The van der Waals surface area contributed by atoms with Crippen LogP contribution >= 0.6 is 27.5 Å². The van der Waals surface area contributed by atoms with Gasteiger partial charge in [0.15, 0.2) is 5.75 Å². The lowest BCUT2D eigenvalue weighted by Crippen LogP contribution is -1.95. The largest absolute Gasteiger partial charge is 0.454 e. The molecule has 0 aliphatic heterocycles. The van der Waals surface area contributed by atoms with Crippen LogP contribution in [0.25, 0.3) is 0 Å². The predicted molar refractivity (Wildman–Crippen MR) is 77.3 cm³/mol. The van der Waals surface area contributed by atoms with E-state index in [0.29, 0.717) is 17.2 Å². The summed E-state index contributed by atoms with van der Waals surface area (Å²) in [4.78, 5) is 3.96. The predicted octanol–water partition coefficient (Wildman–Crippen LogP) is 4.43. The molecule has 1 aromatic heterocycles. The third-order valence-corrected chi connectivity index (χ3v) is 3.43. The van der Waals surface area contributed by atoms with Gasteiger partial charge in [-0.1, -0.05) is 18.5 Å². The molecule has 0 spiro atoms. The Bertz CT molecular complexity index is 555. The summed E-state index contributed by atoms with van der Waals surface area (Å²) in [7, 11) is 0. The summed E-state index contributed by atoms with van der Waals surface area (Å²) < 4.78 is 6.48. The zero-order valence-electron chi connectivity index (χ0n) is 9.78. The van der Waals surface area contributed by atoms with E-state index in [4.69, 9.17) is 22.1 Å². The average Bonchev–Trinajstić information content (AvgIpc) is 2.36. The maximum absolute atomic E-state index is 6.06. The van der Waals surface area contributed by atoms with Crippen LogP contribution in [0.5, 0.6) is 11.5 Å². The number of nitrogen functional groups attached to an aromatic ring is 1. The maximum Gasteiger partial charge on any atom is 0.167 e. The quantitative estimate of drug-likeness (QED) is 0.907. The highest BCUT2D eigenvalue weighted by Crippen LogP contribution is 2.35. The van der Waals surface area contributed by atoms with Crippen molar-refractivity contribution in [3.05, 3.63) is 45.7 Å². The molecule has 2 rings (SSSR count). The van der Waals surface area contributed by atoms with Crippen LogP contribution < -0.4 is 10.5 Å². The highest BCUT2D eigenvalue weighted by Gasteiger charge is 2.08.